The molecule has 1 atom stereocenters. The van der Waals surface area contributed by atoms with Gasteiger partial charge in [0.25, 0.3) is 0 Å². The van der Waals surface area contributed by atoms with Crippen molar-refractivity contribution in [1.29, 1.82) is 0 Å². The van der Waals surface area contributed by atoms with Gasteiger partial charge in [-0.2, -0.15) is 0 Å². The zero-order valence-corrected chi connectivity index (χ0v) is 19.0. The monoisotopic (exact) mass is 449 g/mol. The Bertz CT molecular complexity index is 921. The van der Waals surface area contributed by atoms with Crippen LogP contribution < -0.4 is 20.7 Å². The molecule has 0 radical (unpaired) electrons. The van der Waals surface area contributed by atoms with Crippen molar-refractivity contribution in [1.82, 2.24) is 10.6 Å². The van der Waals surface area contributed by atoms with Crippen molar-refractivity contribution in [3.05, 3.63) is 96.1 Å². The van der Waals surface area contributed by atoms with Crippen LogP contribution in [0.25, 0.3) is 0 Å². The minimum Gasteiger partial charge on any atom is -0.491 e. The van der Waals surface area contributed by atoms with Crippen LogP contribution in [0.5, 0.6) is 5.75 Å². The number of para-hydroxylation sites is 1. The molecule has 3 rings (SSSR count). The smallest absolute Gasteiger partial charge is 0.170 e. The molecule has 0 bridgehead atoms. The predicted octanol–water partition coefficient (Wildman–Crippen LogP) is 3.79. The summed E-state index contributed by atoms with van der Waals surface area (Å²) in [4.78, 5) is 0. The van der Waals surface area contributed by atoms with Crippen molar-refractivity contribution < 1.29 is 9.84 Å². The van der Waals surface area contributed by atoms with Crippen LogP contribution in [0, 0.1) is 0 Å². The van der Waals surface area contributed by atoms with E-state index >= 15 is 0 Å². The highest BCUT2D eigenvalue weighted by atomic mass is 32.1. The fraction of sp³-hybridized carbons (Fsp3) is 0.269. The maximum Gasteiger partial charge on any atom is 0.170 e. The van der Waals surface area contributed by atoms with Crippen LogP contribution in [0.15, 0.2) is 84.9 Å². The summed E-state index contributed by atoms with van der Waals surface area (Å²) in [5.41, 5.74) is 3.48. The lowest BCUT2D eigenvalue weighted by molar-refractivity contribution is 0.106. The van der Waals surface area contributed by atoms with E-state index in [1.54, 1.807) is 0 Å². The number of anilines is 1. The standard InChI is InChI=1S/C26H31N3O2S/c30-24(20-31-25-9-5-2-6-10-25)19-27-17-15-22-11-13-23(14-12-22)29-26(32)28-18-16-21-7-3-1-4-8-21/h1-14,24,27,30H,15-20H2,(H2,28,29,32)/t24-/m0/s1. The van der Waals surface area contributed by atoms with Crippen molar-refractivity contribution in [2.24, 2.45) is 0 Å². The Morgan fingerprint density at radius 2 is 1.44 bits per heavy atom. The second-order valence-corrected chi connectivity index (χ2v) is 7.95. The summed E-state index contributed by atoms with van der Waals surface area (Å²) in [7, 11) is 0. The molecule has 0 amide bonds. The van der Waals surface area contributed by atoms with Crippen molar-refractivity contribution in [3.63, 3.8) is 0 Å². The van der Waals surface area contributed by atoms with E-state index in [-0.39, 0.29) is 6.61 Å². The highest BCUT2D eigenvalue weighted by Crippen LogP contribution is 2.10. The summed E-state index contributed by atoms with van der Waals surface area (Å²) in [5, 5.41) is 20.4. The number of hydrogen-bond donors (Lipinski definition) is 4. The number of aliphatic hydroxyl groups excluding tert-OH is 1. The normalized spacial score (nSPS) is 11.5. The molecule has 0 saturated heterocycles. The van der Waals surface area contributed by atoms with Crippen molar-refractivity contribution >= 4 is 23.0 Å². The largest absolute Gasteiger partial charge is 0.491 e. The van der Waals surface area contributed by atoms with E-state index in [1.165, 1.54) is 11.1 Å². The van der Waals surface area contributed by atoms with Gasteiger partial charge in [-0.3, -0.25) is 0 Å². The Balaban J connectivity index is 1.27. The average molecular weight is 450 g/mol. The van der Waals surface area contributed by atoms with Crippen molar-refractivity contribution in [2.75, 3.05) is 31.6 Å². The fourth-order valence-corrected chi connectivity index (χ4v) is 3.38. The topological polar surface area (TPSA) is 65.5 Å². The maximum absolute atomic E-state index is 10.0. The van der Waals surface area contributed by atoms with Gasteiger partial charge in [0.05, 0.1) is 0 Å². The third kappa shape index (κ3) is 9.06. The summed E-state index contributed by atoms with van der Waals surface area (Å²) in [6.07, 6.45) is 1.27. The molecule has 0 spiro atoms. The zero-order valence-electron chi connectivity index (χ0n) is 18.2. The van der Waals surface area contributed by atoms with E-state index in [4.69, 9.17) is 17.0 Å². The van der Waals surface area contributed by atoms with Crippen LogP contribution in [0.4, 0.5) is 5.69 Å². The van der Waals surface area contributed by atoms with Gasteiger partial charge in [-0.05, 0) is 67.0 Å². The van der Waals surface area contributed by atoms with Gasteiger partial charge in [-0.1, -0.05) is 60.7 Å². The van der Waals surface area contributed by atoms with Gasteiger partial charge in [-0.15, -0.1) is 0 Å². The minimum atomic E-state index is -0.544. The third-order valence-corrected chi connectivity index (χ3v) is 5.16. The molecule has 6 heteroatoms. The van der Waals surface area contributed by atoms with E-state index in [0.29, 0.717) is 11.7 Å². The van der Waals surface area contributed by atoms with E-state index in [0.717, 1.165) is 37.4 Å². The van der Waals surface area contributed by atoms with Gasteiger partial charge in [0.2, 0.25) is 0 Å². The molecule has 4 N–H and O–H groups in total. The third-order valence-electron chi connectivity index (χ3n) is 4.91. The molecule has 0 unspecified atom stereocenters. The first kappa shape index (κ1) is 23.7. The number of aliphatic hydroxyl groups is 1. The number of benzene rings is 3. The summed E-state index contributed by atoms with van der Waals surface area (Å²) < 4.78 is 5.56. The molecule has 0 fully saturated rings. The Morgan fingerprint density at radius 1 is 0.812 bits per heavy atom. The van der Waals surface area contributed by atoms with Gasteiger partial charge in [0.1, 0.15) is 18.5 Å². The number of ether oxygens (including phenoxy) is 1. The minimum absolute atomic E-state index is 0.274. The molecule has 168 valence electrons. The van der Waals surface area contributed by atoms with E-state index in [1.807, 2.05) is 60.7 Å². The lowest BCUT2D eigenvalue weighted by Gasteiger charge is -2.13. The lowest BCUT2D eigenvalue weighted by Crippen LogP contribution is -2.32. The van der Waals surface area contributed by atoms with E-state index in [2.05, 4.69) is 40.2 Å². The van der Waals surface area contributed by atoms with Crippen LogP contribution in [0.2, 0.25) is 0 Å². The number of nitrogens with one attached hydrogen (secondary N) is 3. The molecule has 0 aromatic heterocycles. The molecule has 0 saturated carbocycles. The highest BCUT2D eigenvalue weighted by molar-refractivity contribution is 7.80. The number of rotatable bonds is 12. The Hall–Kier alpha value is -2.93. The predicted molar refractivity (Wildman–Crippen MR) is 135 cm³/mol. The lowest BCUT2D eigenvalue weighted by atomic mass is 10.1. The summed E-state index contributed by atoms with van der Waals surface area (Å²) >= 11 is 5.38. The maximum atomic E-state index is 10.0. The van der Waals surface area contributed by atoms with E-state index < -0.39 is 6.10 Å². The Kier molecular flexibility index (Phi) is 9.99. The summed E-state index contributed by atoms with van der Waals surface area (Å²) in [6, 6.07) is 28.1. The van der Waals surface area contributed by atoms with E-state index in [9.17, 15) is 5.11 Å². The molecule has 0 aliphatic carbocycles. The van der Waals surface area contributed by atoms with Gasteiger partial charge in [-0.25, -0.2) is 0 Å². The number of thiocarbonyl (C=S) groups is 1. The van der Waals surface area contributed by atoms with Gasteiger partial charge < -0.3 is 25.8 Å². The van der Waals surface area contributed by atoms with Crippen LogP contribution in [-0.2, 0) is 12.8 Å². The Morgan fingerprint density at radius 3 is 2.16 bits per heavy atom. The SMILES string of the molecule is O[C@@H](CNCCc1ccc(NC(=S)NCCc2ccccc2)cc1)COc1ccccc1. The average Bonchev–Trinajstić information content (AvgIpc) is 2.83. The first-order valence-corrected chi connectivity index (χ1v) is 11.3. The second-order valence-electron chi connectivity index (χ2n) is 7.55. The fourth-order valence-electron chi connectivity index (χ4n) is 3.16. The van der Waals surface area contributed by atoms with Crippen LogP contribution >= 0.6 is 12.2 Å². The van der Waals surface area contributed by atoms with Gasteiger partial charge >= 0.3 is 0 Å². The molecule has 0 heterocycles. The molecule has 3 aromatic rings. The molecule has 0 aliphatic rings. The summed E-state index contributed by atoms with van der Waals surface area (Å²) in [6.45, 7) is 2.35. The molecule has 0 aliphatic heterocycles. The second kappa shape index (κ2) is 13.5. The molecule has 5 nitrogen and oxygen atoms in total. The van der Waals surface area contributed by atoms with Gasteiger partial charge in [0.15, 0.2) is 5.11 Å². The van der Waals surface area contributed by atoms with Crippen LogP contribution in [-0.4, -0.2) is 42.6 Å². The zero-order chi connectivity index (χ0) is 22.4. The van der Waals surface area contributed by atoms with Gasteiger partial charge in [0, 0.05) is 18.8 Å². The quantitative estimate of drug-likeness (QED) is 0.249. The molecular weight excluding hydrogens is 418 g/mol. The molecule has 32 heavy (non-hydrogen) atoms. The van der Waals surface area contributed by atoms with Crippen LogP contribution in [0.1, 0.15) is 11.1 Å². The first-order valence-electron chi connectivity index (χ1n) is 10.9. The number of hydrogen-bond acceptors (Lipinski definition) is 4. The van der Waals surface area contributed by atoms with Crippen LogP contribution in [0.3, 0.4) is 0 Å². The highest BCUT2D eigenvalue weighted by Gasteiger charge is 2.05. The molecule has 3 aromatic carbocycles. The van der Waals surface area contributed by atoms with Crippen molar-refractivity contribution in [3.8, 4) is 5.75 Å². The van der Waals surface area contributed by atoms with Crippen molar-refractivity contribution in [2.45, 2.75) is 18.9 Å². The Labute approximate surface area is 195 Å². The first-order chi connectivity index (χ1) is 15.7. The molecular formula is C26H31N3O2S. The summed E-state index contributed by atoms with van der Waals surface area (Å²) in [5.74, 6) is 0.770.